The molecule has 0 amide bonds. The quantitative estimate of drug-likeness (QED) is 0.406. The predicted molar refractivity (Wildman–Crippen MR) is 117 cm³/mol. The Bertz CT molecular complexity index is 1350. The molecule has 6 heteroatoms. The fourth-order valence-electron chi connectivity index (χ4n) is 3.68. The van der Waals surface area contributed by atoms with Crippen LogP contribution >= 0.6 is 0 Å². The van der Waals surface area contributed by atoms with E-state index in [-0.39, 0.29) is 5.78 Å². The van der Waals surface area contributed by atoms with Gasteiger partial charge >= 0.3 is 0 Å². The summed E-state index contributed by atoms with van der Waals surface area (Å²) in [6, 6.07) is 24.9. The molecule has 0 N–H and O–H groups in total. The number of hydrogen-bond acceptors (Lipinski definition) is 5. The van der Waals surface area contributed by atoms with E-state index in [2.05, 4.69) is 22.0 Å². The van der Waals surface area contributed by atoms with Crippen molar-refractivity contribution < 1.29 is 4.79 Å². The van der Waals surface area contributed by atoms with Crippen molar-refractivity contribution in [1.82, 2.24) is 19.6 Å². The molecule has 5 rings (SSSR count). The van der Waals surface area contributed by atoms with E-state index in [9.17, 15) is 4.79 Å². The highest BCUT2D eigenvalue weighted by Crippen LogP contribution is 2.29. The van der Waals surface area contributed by atoms with Gasteiger partial charge in [0.15, 0.2) is 11.6 Å². The van der Waals surface area contributed by atoms with Gasteiger partial charge in [-0.3, -0.25) is 9.20 Å². The van der Waals surface area contributed by atoms with Crippen molar-refractivity contribution in [2.45, 2.75) is 6.92 Å². The van der Waals surface area contributed by atoms with Gasteiger partial charge in [-0.1, -0.05) is 48.5 Å². The number of carbonyl (C=O) groups excluding carboxylic acids is 1. The topological polar surface area (TPSA) is 63.4 Å². The van der Waals surface area contributed by atoms with E-state index in [1.807, 2.05) is 83.3 Å². The van der Waals surface area contributed by atoms with Crippen molar-refractivity contribution in [3.05, 3.63) is 96.3 Å². The highest BCUT2D eigenvalue weighted by atomic mass is 16.1. The molecule has 0 atom stereocenters. The van der Waals surface area contributed by atoms with Gasteiger partial charge in [0, 0.05) is 23.4 Å². The van der Waals surface area contributed by atoms with E-state index in [1.165, 1.54) is 0 Å². The van der Waals surface area contributed by atoms with Crippen molar-refractivity contribution in [3.8, 4) is 0 Å². The minimum absolute atomic E-state index is 0.0257. The van der Waals surface area contributed by atoms with Crippen LogP contribution in [0.4, 0.5) is 11.5 Å². The molecule has 0 saturated heterocycles. The van der Waals surface area contributed by atoms with Gasteiger partial charge in [0.25, 0.3) is 0 Å². The van der Waals surface area contributed by atoms with E-state index in [4.69, 9.17) is 4.98 Å². The third kappa shape index (κ3) is 2.99. The Kier molecular flexibility index (Phi) is 4.44. The summed E-state index contributed by atoms with van der Waals surface area (Å²) in [5.74, 6) is 0.707. The smallest absolute Gasteiger partial charge is 0.204 e. The van der Waals surface area contributed by atoms with Gasteiger partial charge in [-0.25, -0.2) is 4.98 Å². The molecule has 0 fully saturated rings. The van der Waals surface area contributed by atoms with Gasteiger partial charge in [0.1, 0.15) is 6.33 Å². The third-order valence-corrected chi connectivity index (χ3v) is 5.15. The molecule has 146 valence electrons. The first kappa shape index (κ1) is 18.0. The Balaban J connectivity index is 1.67. The molecule has 2 aromatic heterocycles. The summed E-state index contributed by atoms with van der Waals surface area (Å²) < 4.78 is 1.89. The van der Waals surface area contributed by atoms with Crippen LogP contribution in [0.2, 0.25) is 0 Å². The molecule has 6 nitrogen and oxygen atoms in total. The SMILES string of the molecule is CCN(c1ccccc1)c1nc2ccc(C(=O)c3ccccc3)cc2n2cnnc12. The van der Waals surface area contributed by atoms with Gasteiger partial charge in [-0.05, 0) is 37.3 Å². The molecule has 0 unspecified atom stereocenters. The number of rotatable bonds is 5. The predicted octanol–water partition coefficient (Wildman–Crippen LogP) is 4.67. The minimum Gasteiger partial charge on any atom is -0.323 e. The summed E-state index contributed by atoms with van der Waals surface area (Å²) in [6.45, 7) is 2.81. The normalized spacial score (nSPS) is 11.1. The van der Waals surface area contributed by atoms with Crippen LogP contribution in [0, 0.1) is 0 Å². The van der Waals surface area contributed by atoms with Crippen LogP contribution < -0.4 is 4.90 Å². The van der Waals surface area contributed by atoms with Crippen LogP contribution in [0.5, 0.6) is 0 Å². The average Bonchev–Trinajstić information content (AvgIpc) is 3.31. The fourth-order valence-corrected chi connectivity index (χ4v) is 3.68. The molecule has 5 aromatic rings. The van der Waals surface area contributed by atoms with Gasteiger partial charge in [-0.2, -0.15) is 0 Å². The highest BCUT2D eigenvalue weighted by Gasteiger charge is 2.18. The van der Waals surface area contributed by atoms with E-state index in [1.54, 1.807) is 6.33 Å². The molecule has 0 aliphatic rings. The summed E-state index contributed by atoms with van der Waals surface area (Å²) >= 11 is 0. The van der Waals surface area contributed by atoms with Crippen LogP contribution in [0.15, 0.2) is 85.2 Å². The Labute approximate surface area is 173 Å². The van der Waals surface area contributed by atoms with Crippen molar-refractivity contribution >= 4 is 34.0 Å². The second kappa shape index (κ2) is 7.40. The van der Waals surface area contributed by atoms with E-state index < -0.39 is 0 Å². The van der Waals surface area contributed by atoms with E-state index in [0.717, 1.165) is 29.1 Å². The lowest BCUT2D eigenvalue weighted by Gasteiger charge is -2.22. The number of ketones is 1. The molecule has 0 aliphatic carbocycles. The number of carbonyl (C=O) groups is 1. The molecule has 30 heavy (non-hydrogen) atoms. The first-order valence-electron chi connectivity index (χ1n) is 9.82. The van der Waals surface area contributed by atoms with E-state index >= 15 is 0 Å². The van der Waals surface area contributed by atoms with Gasteiger partial charge in [-0.15, -0.1) is 10.2 Å². The molecule has 0 saturated carbocycles. The second-order valence-electron chi connectivity index (χ2n) is 6.94. The summed E-state index contributed by atoms with van der Waals surface area (Å²) in [5.41, 5.74) is 4.52. The monoisotopic (exact) mass is 393 g/mol. The molecule has 0 spiro atoms. The molecule has 3 aromatic carbocycles. The summed E-state index contributed by atoms with van der Waals surface area (Å²) in [4.78, 5) is 19.9. The molecule has 0 aliphatic heterocycles. The number of benzene rings is 3. The van der Waals surface area contributed by atoms with Gasteiger partial charge in [0.05, 0.1) is 11.0 Å². The third-order valence-electron chi connectivity index (χ3n) is 5.15. The van der Waals surface area contributed by atoms with Crippen LogP contribution in [-0.2, 0) is 0 Å². The minimum atomic E-state index is -0.0257. The zero-order valence-corrected chi connectivity index (χ0v) is 16.4. The van der Waals surface area contributed by atoms with Gasteiger partial charge in [0.2, 0.25) is 5.65 Å². The largest absolute Gasteiger partial charge is 0.323 e. The van der Waals surface area contributed by atoms with Crippen molar-refractivity contribution in [3.63, 3.8) is 0 Å². The highest BCUT2D eigenvalue weighted by molar-refractivity contribution is 6.10. The lowest BCUT2D eigenvalue weighted by Crippen LogP contribution is -2.18. The zero-order valence-electron chi connectivity index (χ0n) is 16.4. The molecular formula is C24H19N5O. The molecule has 2 heterocycles. The molecular weight excluding hydrogens is 374 g/mol. The number of aromatic nitrogens is 4. The fraction of sp³-hybridized carbons (Fsp3) is 0.0833. The van der Waals surface area contributed by atoms with Crippen LogP contribution in [0.25, 0.3) is 16.7 Å². The maximum atomic E-state index is 12.9. The zero-order chi connectivity index (χ0) is 20.5. The summed E-state index contributed by atoms with van der Waals surface area (Å²) in [7, 11) is 0. The Morgan fingerprint density at radius 3 is 2.40 bits per heavy atom. The van der Waals surface area contributed by atoms with Crippen molar-refractivity contribution in [2.24, 2.45) is 0 Å². The Hall–Kier alpha value is -4.06. The summed E-state index contributed by atoms with van der Waals surface area (Å²) in [5, 5.41) is 8.44. The lowest BCUT2D eigenvalue weighted by atomic mass is 10.0. The maximum absolute atomic E-state index is 12.9. The van der Waals surface area contributed by atoms with Crippen LogP contribution in [0.3, 0.4) is 0 Å². The summed E-state index contributed by atoms with van der Waals surface area (Å²) in [6.07, 6.45) is 1.67. The van der Waals surface area contributed by atoms with E-state index in [0.29, 0.717) is 16.8 Å². The van der Waals surface area contributed by atoms with Gasteiger partial charge < -0.3 is 4.90 Å². The maximum Gasteiger partial charge on any atom is 0.204 e. The number of anilines is 2. The first-order valence-corrected chi connectivity index (χ1v) is 9.82. The lowest BCUT2D eigenvalue weighted by molar-refractivity contribution is 0.103. The van der Waals surface area contributed by atoms with Crippen molar-refractivity contribution in [1.29, 1.82) is 0 Å². The second-order valence-corrected chi connectivity index (χ2v) is 6.94. The number of nitrogens with zero attached hydrogens (tertiary/aromatic N) is 5. The van der Waals surface area contributed by atoms with Crippen LogP contribution in [-0.4, -0.2) is 31.9 Å². The number of hydrogen-bond donors (Lipinski definition) is 0. The van der Waals surface area contributed by atoms with Crippen molar-refractivity contribution in [2.75, 3.05) is 11.4 Å². The number of para-hydroxylation sites is 1. The first-order chi connectivity index (χ1) is 14.8. The Morgan fingerprint density at radius 2 is 1.67 bits per heavy atom. The molecule has 0 bridgehead atoms. The van der Waals surface area contributed by atoms with Crippen LogP contribution in [0.1, 0.15) is 22.8 Å². The average molecular weight is 393 g/mol. The molecule has 0 radical (unpaired) electrons. The standard InChI is InChI=1S/C24H19N5O/c1-2-28(19-11-7-4-8-12-19)23-24-27-25-16-29(24)21-15-18(13-14-20(21)26-23)22(30)17-9-5-3-6-10-17/h3-16H,2H2,1H3. The Morgan fingerprint density at radius 1 is 0.933 bits per heavy atom. The number of fused-ring (bicyclic) bond motifs is 3.